The molecule has 0 unspecified atom stereocenters. The van der Waals surface area contributed by atoms with Gasteiger partial charge in [0.1, 0.15) is 12.6 Å². The van der Waals surface area contributed by atoms with Gasteiger partial charge in [-0.25, -0.2) is 18.9 Å². The van der Waals surface area contributed by atoms with E-state index in [2.05, 4.69) is 25.3 Å². The van der Waals surface area contributed by atoms with Crippen LogP contribution >= 0.6 is 22.9 Å². The van der Waals surface area contributed by atoms with E-state index in [4.69, 9.17) is 4.74 Å². The maximum Gasteiger partial charge on any atom is 0.407 e. The normalized spacial score (nSPS) is 15.1. The van der Waals surface area contributed by atoms with Crippen molar-refractivity contribution >= 4 is 40.9 Å². The van der Waals surface area contributed by atoms with Crippen LogP contribution in [0.2, 0.25) is 0 Å². The molecule has 0 spiro atoms. The molecule has 1 aliphatic carbocycles. The summed E-state index contributed by atoms with van der Waals surface area (Å²) in [6.07, 6.45) is 3.20. The van der Waals surface area contributed by atoms with Gasteiger partial charge in [-0.2, -0.15) is 0 Å². The number of thiazole rings is 1. The Kier molecular flexibility index (Phi) is 13.3. The Hall–Kier alpha value is -4.33. The van der Waals surface area contributed by atoms with Crippen LogP contribution in [-0.4, -0.2) is 68.7 Å². The molecule has 0 aliphatic heterocycles. The number of carbonyl (C=O) groups excluding carboxylic acids is 3. The number of nitrogens with one attached hydrogen (secondary N) is 3. The highest BCUT2D eigenvalue weighted by Crippen LogP contribution is 2.41. The SMILES string of the molecule is CC(C)[C@H](NC(=O)N(C)Cc1csc(C2CC2)n1)C(=O)N[C@@H](Cc1ccccc1)C[C@H](O)[C@H](Cc1ccccc1)NC(=O)OCc1ccns1. The van der Waals surface area contributed by atoms with E-state index in [1.54, 1.807) is 30.6 Å². The number of aliphatic hydroxyl groups excluding tert-OH is 1. The number of ether oxygens (including phenoxy) is 1. The monoisotopic (exact) mass is 718 g/mol. The lowest BCUT2D eigenvalue weighted by Crippen LogP contribution is -2.55. The van der Waals surface area contributed by atoms with E-state index >= 15 is 0 Å². The number of amides is 4. The Balaban J connectivity index is 1.26. The maximum atomic E-state index is 13.9. The molecule has 1 saturated carbocycles. The van der Waals surface area contributed by atoms with Crippen LogP contribution in [0.3, 0.4) is 0 Å². The second-order valence-corrected chi connectivity index (χ2v) is 15.0. The molecule has 1 aliphatic rings. The van der Waals surface area contributed by atoms with E-state index in [1.165, 1.54) is 29.3 Å². The first kappa shape index (κ1) is 36.9. The fraction of sp³-hybridized carbons (Fsp3) is 0.432. The highest BCUT2D eigenvalue weighted by atomic mass is 32.1. The van der Waals surface area contributed by atoms with E-state index < -0.39 is 30.3 Å². The van der Waals surface area contributed by atoms with Crippen LogP contribution in [-0.2, 0) is 35.5 Å². The largest absolute Gasteiger partial charge is 0.444 e. The van der Waals surface area contributed by atoms with Crippen LogP contribution in [0.4, 0.5) is 9.59 Å². The summed E-state index contributed by atoms with van der Waals surface area (Å²) in [7, 11) is 1.69. The number of carbonyl (C=O) groups is 3. The van der Waals surface area contributed by atoms with Crippen LogP contribution in [0, 0.1) is 5.92 Å². The van der Waals surface area contributed by atoms with Crippen molar-refractivity contribution in [3.63, 3.8) is 0 Å². The lowest BCUT2D eigenvalue weighted by atomic mass is 9.93. The van der Waals surface area contributed by atoms with Crippen molar-refractivity contribution in [3.05, 3.63) is 105 Å². The molecule has 0 saturated heterocycles. The smallest absolute Gasteiger partial charge is 0.407 e. The van der Waals surface area contributed by atoms with E-state index in [-0.39, 0.29) is 30.9 Å². The number of aliphatic hydroxyl groups is 1. The molecule has 4 aromatic rings. The summed E-state index contributed by atoms with van der Waals surface area (Å²) in [6, 6.07) is 18.6. The van der Waals surface area contributed by atoms with Gasteiger partial charge in [0, 0.05) is 30.6 Å². The van der Waals surface area contributed by atoms with Gasteiger partial charge >= 0.3 is 12.1 Å². The summed E-state index contributed by atoms with van der Waals surface area (Å²) in [5.41, 5.74) is 2.74. The van der Waals surface area contributed by atoms with Gasteiger partial charge in [0.15, 0.2) is 0 Å². The van der Waals surface area contributed by atoms with Crippen molar-refractivity contribution < 1.29 is 24.2 Å². The van der Waals surface area contributed by atoms with E-state index in [0.717, 1.165) is 26.7 Å². The Morgan fingerprint density at radius 1 is 0.960 bits per heavy atom. The Labute approximate surface area is 301 Å². The Morgan fingerprint density at radius 2 is 1.64 bits per heavy atom. The summed E-state index contributed by atoms with van der Waals surface area (Å²) in [4.78, 5) is 47.1. The number of rotatable bonds is 17. The van der Waals surface area contributed by atoms with Crippen molar-refractivity contribution in [1.82, 2.24) is 30.2 Å². The van der Waals surface area contributed by atoms with Gasteiger partial charge in [0.05, 0.1) is 34.3 Å². The van der Waals surface area contributed by atoms with Gasteiger partial charge in [-0.15, -0.1) is 11.3 Å². The van der Waals surface area contributed by atoms with Gasteiger partial charge in [0.2, 0.25) is 5.91 Å². The minimum atomic E-state index is -1.04. The number of urea groups is 1. The molecule has 5 rings (SSSR count). The van der Waals surface area contributed by atoms with Crippen LogP contribution in [0.5, 0.6) is 0 Å². The predicted molar refractivity (Wildman–Crippen MR) is 195 cm³/mol. The van der Waals surface area contributed by atoms with Crippen molar-refractivity contribution in [3.8, 4) is 0 Å². The summed E-state index contributed by atoms with van der Waals surface area (Å²) in [6.45, 7) is 4.17. The molecule has 4 amide bonds. The van der Waals surface area contributed by atoms with Gasteiger partial charge in [0.25, 0.3) is 0 Å². The average molecular weight is 719 g/mol. The maximum absolute atomic E-state index is 13.9. The quantitative estimate of drug-likeness (QED) is 0.110. The third-order valence-corrected chi connectivity index (χ3v) is 10.3. The first-order valence-corrected chi connectivity index (χ1v) is 18.6. The van der Waals surface area contributed by atoms with Crippen molar-refractivity contribution in [2.75, 3.05) is 7.05 Å². The number of benzene rings is 2. The zero-order chi connectivity index (χ0) is 35.5. The summed E-state index contributed by atoms with van der Waals surface area (Å²) >= 11 is 2.88. The van der Waals surface area contributed by atoms with Gasteiger partial charge in [-0.05, 0) is 66.7 Å². The molecule has 266 valence electrons. The zero-order valence-electron chi connectivity index (χ0n) is 28.7. The van der Waals surface area contributed by atoms with Crippen molar-refractivity contribution in [2.24, 2.45) is 5.92 Å². The molecule has 0 bridgehead atoms. The highest BCUT2D eigenvalue weighted by Gasteiger charge is 2.31. The molecule has 13 heteroatoms. The first-order chi connectivity index (χ1) is 24.1. The second-order valence-electron chi connectivity index (χ2n) is 13.2. The molecule has 1 fully saturated rings. The standard InChI is InChI=1S/C37H46N6O5S2/c1-24(2)33(42-36(46)43(3)21-29-23-49-35(40-29)27-14-15-27)34(45)39-28(18-25-10-6-4-7-11-25)20-32(44)31(19-26-12-8-5-9-13-26)41-37(47)48-22-30-16-17-38-50-30/h4-13,16-17,23-24,27-28,31-33,44H,14-15,18-22H2,1-3H3,(H,39,45)(H,41,47)(H,42,46)/t28-,31-,32-,33-/m0/s1. The molecule has 4 N–H and O–H groups in total. The molecular weight excluding hydrogens is 673 g/mol. The lowest BCUT2D eigenvalue weighted by molar-refractivity contribution is -0.124. The third kappa shape index (κ3) is 11.4. The fourth-order valence-corrected chi connectivity index (χ4v) is 7.11. The highest BCUT2D eigenvalue weighted by molar-refractivity contribution is 7.09. The fourth-order valence-electron chi connectivity index (χ4n) is 5.64. The number of aromatic nitrogens is 2. The molecule has 2 aromatic heterocycles. The van der Waals surface area contributed by atoms with E-state index in [0.29, 0.717) is 25.3 Å². The van der Waals surface area contributed by atoms with Crippen LogP contribution in [0.15, 0.2) is 78.3 Å². The topological polar surface area (TPSA) is 146 Å². The van der Waals surface area contributed by atoms with Gasteiger partial charge < -0.3 is 30.7 Å². The molecule has 2 heterocycles. The summed E-state index contributed by atoms with van der Waals surface area (Å²) in [5, 5.41) is 23.7. The lowest BCUT2D eigenvalue weighted by Gasteiger charge is -2.30. The molecule has 2 aromatic carbocycles. The Morgan fingerprint density at radius 3 is 2.26 bits per heavy atom. The third-order valence-electron chi connectivity index (χ3n) is 8.57. The van der Waals surface area contributed by atoms with Gasteiger partial charge in [-0.3, -0.25) is 4.79 Å². The number of alkyl carbamates (subject to hydrolysis) is 1. The zero-order valence-corrected chi connectivity index (χ0v) is 30.3. The van der Waals surface area contributed by atoms with Crippen LogP contribution < -0.4 is 16.0 Å². The minimum Gasteiger partial charge on any atom is -0.444 e. The van der Waals surface area contributed by atoms with Crippen LogP contribution in [0.25, 0.3) is 0 Å². The Bertz CT molecular complexity index is 1650. The van der Waals surface area contributed by atoms with E-state index in [1.807, 2.05) is 79.9 Å². The minimum absolute atomic E-state index is 0.0696. The predicted octanol–water partition coefficient (Wildman–Crippen LogP) is 5.66. The molecule has 4 atom stereocenters. The van der Waals surface area contributed by atoms with Crippen LogP contribution in [0.1, 0.15) is 65.7 Å². The number of hydrogen-bond donors (Lipinski definition) is 4. The van der Waals surface area contributed by atoms with E-state index in [9.17, 15) is 19.5 Å². The summed E-state index contributed by atoms with van der Waals surface area (Å²) in [5.74, 6) is -0.0102. The molecule has 11 nitrogen and oxygen atoms in total. The second kappa shape index (κ2) is 18.1. The van der Waals surface area contributed by atoms with Gasteiger partial charge in [-0.1, -0.05) is 74.5 Å². The average Bonchev–Trinajstić information content (AvgIpc) is 3.61. The molecule has 0 radical (unpaired) electrons. The number of hydrogen-bond acceptors (Lipinski definition) is 9. The number of nitrogens with zero attached hydrogens (tertiary/aromatic N) is 3. The van der Waals surface area contributed by atoms with Crippen molar-refractivity contribution in [1.29, 1.82) is 0 Å². The summed E-state index contributed by atoms with van der Waals surface area (Å²) < 4.78 is 9.46. The molecule has 50 heavy (non-hydrogen) atoms. The van der Waals surface area contributed by atoms with Crippen molar-refractivity contribution in [2.45, 2.75) is 89.3 Å². The first-order valence-electron chi connectivity index (χ1n) is 17.0. The molecular formula is C37H46N6O5S2.